The molecule has 2 aromatic heterocycles. The second-order valence-corrected chi connectivity index (χ2v) is 6.44. The fraction of sp³-hybridized carbons (Fsp3) is 0.438. The Morgan fingerprint density at radius 3 is 3.09 bits per heavy atom. The van der Waals surface area contributed by atoms with E-state index >= 15 is 0 Å². The Hall–Kier alpha value is -1.73. The minimum Gasteiger partial charge on any atom is -0.462 e. The maximum absolute atomic E-state index is 12.6. The van der Waals surface area contributed by atoms with Crippen molar-refractivity contribution in [1.29, 1.82) is 0 Å². The predicted molar refractivity (Wildman–Crippen MR) is 90.8 cm³/mol. The van der Waals surface area contributed by atoms with E-state index in [1.54, 1.807) is 25.4 Å². The van der Waals surface area contributed by atoms with Gasteiger partial charge in [-0.3, -0.25) is 4.79 Å². The number of carbonyl (C=O) groups excluding carboxylic acids is 1. The number of esters is 1. The number of rotatable bonds is 3. The highest BCUT2D eigenvalue weighted by Crippen LogP contribution is 2.23. The number of fused-ring (bicyclic) bond motifs is 1. The summed E-state index contributed by atoms with van der Waals surface area (Å²) < 4.78 is 7.67. The number of hydrogen-bond acceptors (Lipinski definition) is 5. The molecule has 7 heteroatoms. The lowest BCUT2D eigenvalue weighted by atomic mass is 10.1. The van der Waals surface area contributed by atoms with E-state index in [1.807, 2.05) is 4.57 Å². The van der Waals surface area contributed by atoms with Gasteiger partial charge in [0.25, 0.3) is 0 Å². The van der Waals surface area contributed by atoms with Gasteiger partial charge in [0.1, 0.15) is 11.2 Å². The molecule has 3 rings (SSSR count). The monoisotopic (exact) mass is 379 g/mol. The molecule has 0 amide bonds. The van der Waals surface area contributed by atoms with E-state index in [0.717, 1.165) is 25.9 Å². The van der Waals surface area contributed by atoms with Crippen molar-refractivity contribution in [2.24, 2.45) is 0 Å². The number of piperidine rings is 1. The van der Waals surface area contributed by atoms with E-state index in [4.69, 9.17) is 4.74 Å². The third kappa shape index (κ3) is 3.16. The van der Waals surface area contributed by atoms with E-state index in [2.05, 4.69) is 26.2 Å². The molecule has 2 aromatic rings. The molecule has 1 saturated heterocycles. The van der Waals surface area contributed by atoms with Gasteiger partial charge in [-0.2, -0.15) is 0 Å². The average molecular weight is 380 g/mol. The molecule has 1 aliphatic rings. The highest BCUT2D eigenvalue weighted by molar-refractivity contribution is 9.10. The molecular formula is C16H18BrN3O3. The third-order valence-electron chi connectivity index (χ3n) is 3.99. The van der Waals surface area contributed by atoms with Crippen LogP contribution >= 0.6 is 15.9 Å². The number of hydrogen-bond donors (Lipinski definition) is 1. The molecule has 0 saturated carbocycles. The molecule has 0 aromatic carbocycles. The van der Waals surface area contributed by atoms with Crippen LogP contribution in [-0.2, 0) is 4.74 Å². The first-order chi connectivity index (χ1) is 11.1. The van der Waals surface area contributed by atoms with Crippen LogP contribution in [0.2, 0.25) is 0 Å². The van der Waals surface area contributed by atoms with Crippen molar-refractivity contribution in [2.45, 2.75) is 25.8 Å². The van der Waals surface area contributed by atoms with E-state index in [1.165, 1.54) is 0 Å². The Morgan fingerprint density at radius 2 is 2.39 bits per heavy atom. The maximum Gasteiger partial charge on any atom is 0.343 e. The van der Waals surface area contributed by atoms with Gasteiger partial charge in [0.05, 0.1) is 12.0 Å². The van der Waals surface area contributed by atoms with E-state index < -0.39 is 5.97 Å². The molecule has 1 unspecified atom stereocenters. The van der Waals surface area contributed by atoms with Crippen LogP contribution in [0, 0.1) is 0 Å². The predicted octanol–water partition coefficient (Wildman–Crippen LogP) is 2.26. The molecule has 1 fully saturated rings. The fourth-order valence-corrected chi connectivity index (χ4v) is 3.24. The lowest BCUT2D eigenvalue weighted by molar-refractivity contribution is 0.0524. The zero-order valence-corrected chi connectivity index (χ0v) is 14.4. The molecule has 3 heterocycles. The number of pyridine rings is 2. The van der Waals surface area contributed by atoms with Crippen molar-refractivity contribution in [1.82, 2.24) is 14.9 Å². The standard InChI is InChI=1S/C16H18BrN3O3/c1-2-23-16(22)13-9-20(11-4-3-5-18-8-11)15-12(14(13)21)6-10(17)7-19-15/h6-7,9,11,18H,2-5,8H2,1H3. The van der Waals surface area contributed by atoms with E-state index in [0.29, 0.717) is 15.5 Å². The molecule has 1 atom stereocenters. The van der Waals surface area contributed by atoms with Crippen LogP contribution in [0.4, 0.5) is 0 Å². The quantitative estimate of drug-likeness (QED) is 0.827. The first-order valence-electron chi connectivity index (χ1n) is 7.70. The minimum atomic E-state index is -0.586. The van der Waals surface area contributed by atoms with Gasteiger partial charge in [0, 0.05) is 29.5 Å². The molecule has 0 aliphatic carbocycles. The molecular weight excluding hydrogens is 362 g/mol. The summed E-state index contributed by atoms with van der Waals surface area (Å²) in [5.41, 5.74) is 0.317. The molecule has 1 aliphatic heterocycles. The average Bonchev–Trinajstić information content (AvgIpc) is 2.56. The Labute approximate surface area is 142 Å². The summed E-state index contributed by atoms with van der Waals surface area (Å²) in [6, 6.07) is 1.87. The highest BCUT2D eigenvalue weighted by Gasteiger charge is 2.22. The van der Waals surface area contributed by atoms with Crippen molar-refractivity contribution in [2.75, 3.05) is 19.7 Å². The van der Waals surface area contributed by atoms with Gasteiger partial charge in [-0.05, 0) is 48.3 Å². The zero-order valence-electron chi connectivity index (χ0n) is 12.8. The lowest BCUT2D eigenvalue weighted by Gasteiger charge is -2.27. The maximum atomic E-state index is 12.6. The van der Waals surface area contributed by atoms with Crippen molar-refractivity contribution < 1.29 is 9.53 Å². The smallest absolute Gasteiger partial charge is 0.343 e. The number of carbonyl (C=O) groups is 1. The summed E-state index contributed by atoms with van der Waals surface area (Å²) in [4.78, 5) is 29.2. The van der Waals surface area contributed by atoms with Gasteiger partial charge in [0.2, 0.25) is 5.43 Å². The Balaban J connectivity index is 2.22. The normalized spacial score (nSPS) is 18.1. The number of halogens is 1. The van der Waals surface area contributed by atoms with Crippen LogP contribution in [0.15, 0.2) is 27.7 Å². The summed E-state index contributed by atoms with van der Waals surface area (Å²) in [6.07, 6.45) is 5.29. The lowest BCUT2D eigenvalue weighted by Crippen LogP contribution is -2.33. The van der Waals surface area contributed by atoms with E-state index in [9.17, 15) is 9.59 Å². The molecule has 0 spiro atoms. The van der Waals surface area contributed by atoms with Gasteiger partial charge >= 0.3 is 5.97 Å². The number of nitrogens with one attached hydrogen (secondary N) is 1. The summed E-state index contributed by atoms with van der Waals surface area (Å²) in [5.74, 6) is -0.586. The van der Waals surface area contributed by atoms with Crippen molar-refractivity contribution >= 4 is 32.9 Å². The Kier molecular flexibility index (Phi) is 4.77. The topological polar surface area (TPSA) is 73.2 Å². The van der Waals surface area contributed by atoms with Gasteiger partial charge in [-0.15, -0.1) is 0 Å². The minimum absolute atomic E-state index is 0.0600. The number of aromatic nitrogens is 2. The fourth-order valence-electron chi connectivity index (χ4n) is 2.91. The van der Waals surface area contributed by atoms with Crippen LogP contribution in [0.3, 0.4) is 0 Å². The van der Waals surface area contributed by atoms with Gasteiger partial charge < -0.3 is 14.6 Å². The summed E-state index contributed by atoms with van der Waals surface area (Å²) in [6.45, 7) is 3.73. The van der Waals surface area contributed by atoms with Crippen molar-refractivity contribution in [3.63, 3.8) is 0 Å². The largest absolute Gasteiger partial charge is 0.462 e. The molecule has 0 bridgehead atoms. The van der Waals surface area contributed by atoms with Gasteiger partial charge in [0.15, 0.2) is 0 Å². The van der Waals surface area contributed by atoms with Crippen LogP contribution in [0.25, 0.3) is 11.0 Å². The zero-order chi connectivity index (χ0) is 16.4. The van der Waals surface area contributed by atoms with E-state index in [-0.39, 0.29) is 23.6 Å². The van der Waals surface area contributed by atoms with Crippen LogP contribution < -0.4 is 10.7 Å². The summed E-state index contributed by atoms with van der Waals surface area (Å²) >= 11 is 3.34. The SMILES string of the molecule is CCOC(=O)c1cn(C2CCCNC2)c2ncc(Br)cc2c1=O. The van der Waals surface area contributed by atoms with Gasteiger partial charge in [-0.25, -0.2) is 9.78 Å². The number of nitrogens with zero attached hydrogens (tertiary/aromatic N) is 2. The van der Waals surface area contributed by atoms with Crippen molar-refractivity contribution in [3.05, 3.63) is 38.7 Å². The Bertz CT molecular complexity index is 797. The van der Waals surface area contributed by atoms with Crippen molar-refractivity contribution in [3.8, 4) is 0 Å². The van der Waals surface area contributed by atoms with Crippen LogP contribution in [0.5, 0.6) is 0 Å². The summed E-state index contributed by atoms with van der Waals surface area (Å²) in [5, 5.41) is 3.77. The second kappa shape index (κ2) is 6.80. The van der Waals surface area contributed by atoms with Crippen LogP contribution in [-0.4, -0.2) is 35.2 Å². The third-order valence-corrected chi connectivity index (χ3v) is 4.43. The number of ether oxygens (including phenoxy) is 1. The molecule has 6 nitrogen and oxygen atoms in total. The molecule has 122 valence electrons. The summed E-state index contributed by atoms with van der Waals surface area (Å²) in [7, 11) is 0. The molecule has 23 heavy (non-hydrogen) atoms. The first-order valence-corrected chi connectivity index (χ1v) is 8.49. The highest BCUT2D eigenvalue weighted by atomic mass is 79.9. The van der Waals surface area contributed by atoms with Crippen LogP contribution in [0.1, 0.15) is 36.2 Å². The molecule has 1 N–H and O–H groups in total. The second-order valence-electron chi connectivity index (χ2n) is 5.52. The molecule has 0 radical (unpaired) electrons. The Morgan fingerprint density at radius 1 is 1.57 bits per heavy atom. The first kappa shape index (κ1) is 16.1. The van der Waals surface area contributed by atoms with Gasteiger partial charge in [-0.1, -0.05) is 0 Å².